The molecule has 0 saturated carbocycles. The minimum Gasteiger partial charge on any atom is -0.486 e. The van der Waals surface area contributed by atoms with Gasteiger partial charge in [-0.2, -0.15) is 0 Å². The SMILES string of the molecule is C=CCOc1c(Cl)cc(/C=C2\C(=O)NC(=O)N(c3ccc(C)c(C)c3)C2=O)cc1Cl. The molecule has 2 aromatic rings. The van der Waals surface area contributed by atoms with Crippen molar-refractivity contribution in [2.75, 3.05) is 11.5 Å². The Morgan fingerprint density at radius 3 is 2.33 bits per heavy atom. The molecule has 0 atom stereocenters. The van der Waals surface area contributed by atoms with Gasteiger partial charge >= 0.3 is 6.03 Å². The van der Waals surface area contributed by atoms with Gasteiger partial charge in [0.25, 0.3) is 11.8 Å². The maximum Gasteiger partial charge on any atom is 0.335 e. The highest BCUT2D eigenvalue weighted by Crippen LogP contribution is 2.35. The summed E-state index contributed by atoms with van der Waals surface area (Å²) in [6.07, 6.45) is 2.87. The number of halogens is 2. The van der Waals surface area contributed by atoms with Crippen LogP contribution in [0.3, 0.4) is 0 Å². The number of hydrogen-bond acceptors (Lipinski definition) is 4. The number of aryl methyl sites for hydroxylation is 2. The summed E-state index contributed by atoms with van der Waals surface area (Å²) in [5, 5.41) is 2.61. The van der Waals surface area contributed by atoms with Crippen LogP contribution in [0.5, 0.6) is 5.75 Å². The maximum absolute atomic E-state index is 13.0. The standard InChI is InChI=1S/C22H18Cl2N2O4/c1-4-7-30-19-17(23)10-14(11-18(19)24)9-16-20(27)25-22(29)26(21(16)28)15-6-5-12(2)13(3)8-15/h4-6,8-11H,1,7H2,2-3H3,(H,25,27,29)/b16-9+. The van der Waals surface area contributed by atoms with Crippen molar-refractivity contribution in [3.05, 3.63) is 75.3 Å². The molecule has 1 saturated heterocycles. The van der Waals surface area contributed by atoms with Gasteiger partial charge in [-0.25, -0.2) is 9.69 Å². The maximum atomic E-state index is 13.0. The summed E-state index contributed by atoms with van der Waals surface area (Å²) in [7, 11) is 0. The van der Waals surface area contributed by atoms with E-state index in [0.717, 1.165) is 16.0 Å². The molecular formula is C22H18Cl2N2O4. The zero-order valence-corrected chi connectivity index (χ0v) is 17.8. The van der Waals surface area contributed by atoms with Gasteiger partial charge in [0.15, 0.2) is 5.75 Å². The zero-order valence-electron chi connectivity index (χ0n) is 16.3. The normalized spacial score (nSPS) is 15.4. The molecule has 0 bridgehead atoms. The van der Waals surface area contributed by atoms with Crippen LogP contribution in [-0.2, 0) is 9.59 Å². The fourth-order valence-electron chi connectivity index (χ4n) is 2.87. The van der Waals surface area contributed by atoms with Crippen LogP contribution < -0.4 is 15.0 Å². The number of nitrogens with one attached hydrogen (secondary N) is 1. The van der Waals surface area contributed by atoms with Crippen LogP contribution in [0.15, 0.2) is 48.6 Å². The van der Waals surface area contributed by atoms with Crippen LogP contribution in [0, 0.1) is 13.8 Å². The van der Waals surface area contributed by atoms with E-state index in [9.17, 15) is 14.4 Å². The molecule has 1 N–H and O–H groups in total. The van der Waals surface area contributed by atoms with Crippen molar-refractivity contribution >= 4 is 52.8 Å². The Hall–Kier alpha value is -3.09. The van der Waals surface area contributed by atoms with E-state index >= 15 is 0 Å². The van der Waals surface area contributed by atoms with Crippen LogP contribution >= 0.6 is 23.2 Å². The quantitative estimate of drug-likeness (QED) is 0.406. The molecule has 30 heavy (non-hydrogen) atoms. The topological polar surface area (TPSA) is 75.7 Å². The summed E-state index contributed by atoms with van der Waals surface area (Å²) in [6.45, 7) is 7.56. The number of carbonyl (C=O) groups is 3. The van der Waals surface area contributed by atoms with E-state index in [2.05, 4.69) is 11.9 Å². The lowest BCUT2D eigenvalue weighted by molar-refractivity contribution is -0.122. The molecule has 1 aliphatic heterocycles. The summed E-state index contributed by atoms with van der Waals surface area (Å²) < 4.78 is 5.41. The Morgan fingerprint density at radius 2 is 1.73 bits per heavy atom. The molecule has 0 aromatic heterocycles. The number of ether oxygens (including phenoxy) is 1. The lowest BCUT2D eigenvalue weighted by atomic mass is 10.0. The Labute approximate surface area is 183 Å². The molecule has 0 spiro atoms. The van der Waals surface area contributed by atoms with Crippen LogP contribution in [0.4, 0.5) is 10.5 Å². The van der Waals surface area contributed by atoms with Crippen LogP contribution in [-0.4, -0.2) is 24.5 Å². The Kier molecular flexibility index (Phi) is 6.29. The predicted octanol–water partition coefficient (Wildman–Crippen LogP) is 4.84. The number of carbonyl (C=O) groups excluding carboxylic acids is 3. The number of barbiturate groups is 1. The van der Waals surface area contributed by atoms with E-state index in [1.807, 2.05) is 13.8 Å². The molecule has 3 rings (SSSR count). The Morgan fingerprint density at radius 1 is 1.07 bits per heavy atom. The summed E-state index contributed by atoms with van der Waals surface area (Å²) >= 11 is 12.4. The molecule has 1 heterocycles. The number of nitrogens with zero attached hydrogens (tertiary/aromatic N) is 1. The lowest BCUT2D eigenvalue weighted by Gasteiger charge is -2.27. The van der Waals surface area contributed by atoms with Crippen molar-refractivity contribution in [3.63, 3.8) is 0 Å². The van der Waals surface area contributed by atoms with Gasteiger partial charge in [0.2, 0.25) is 0 Å². The zero-order chi connectivity index (χ0) is 22.0. The lowest BCUT2D eigenvalue weighted by Crippen LogP contribution is -2.54. The largest absolute Gasteiger partial charge is 0.486 e. The first-order valence-corrected chi connectivity index (χ1v) is 9.70. The highest BCUT2D eigenvalue weighted by molar-refractivity contribution is 6.40. The van der Waals surface area contributed by atoms with Crippen molar-refractivity contribution in [1.82, 2.24) is 5.32 Å². The van der Waals surface area contributed by atoms with Crippen molar-refractivity contribution in [1.29, 1.82) is 0 Å². The van der Waals surface area contributed by atoms with Gasteiger partial charge in [0, 0.05) is 0 Å². The van der Waals surface area contributed by atoms with Crippen molar-refractivity contribution in [2.45, 2.75) is 13.8 Å². The number of imide groups is 2. The van der Waals surface area contributed by atoms with Gasteiger partial charge in [-0.3, -0.25) is 14.9 Å². The molecule has 154 valence electrons. The fraction of sp³-hybridized carbons (Fsp3) is 0.136. The first-order chi connectivity index (χ1) is 14.2. The predicted molar refractivity (Wildman–Crippen MR) is 117 cm³/mol. The van der Waals surface area contributed by atoms with Gasteiger partial charge in [-0.05, 0) is 60.9 Å². The molecule has 4 amide bonds. The number of anilines is 1. The van der Waals surface area contributed by atoms with E-state index in [4.69, 9.17) is 27.9 Å². The third-order valence-electron chi connectivity index (χ3n) is 4.53. The van der Waals surface area contributed by atoms with Gasteiger partial charge in [-0.15, -0.1) is 0 Å². The summed E-state index contributed by atoms with van der Waals surface area (Å²) in [5.74, 6) is -1.28. The van der Waals surface area contributed by atoms with E-state index in [1.54, 1.807) is 24.3 Å². The third kappa shape index (κ3) is 4.25. The molecule has 0 radical (unpaired) electrons. The second kappa shape index (κ2) is 8.73. The fourth-order valence-corrected chi connectivity index (χ4v) is 3.48. The van der Waals surface area contributed by atoms with E-state index < -0.39 is 17.8 Å². The number of amides is 4. The second-order valence-corrected chi connectivity index (χ2v) is 7.45. The first-order valence-electron chi connectivity index (χ1n) is 8.94. The summed E-state index contributed by atoms with van der Waals surface area (Å²) in [5.41, 5.74) is 2.47. The summed E-state index contributed by atoms with van der Waals surface area (Å²) in [4.78, 5) is 38.6. The summed E-state index contributed by atoms with van der Waals surface area (Å²) in [6, 6.07) is 7.36. The van der Waals surface area contributed by atoms with Gasteiger partial charge in [0.1, 0.15) is 12.2 Å². The first kappa shape index (κ1) is 21.6. The monoisotopic (exact) mass is 444 g/mol. The second-order valence-electron chi connectivity index (χ2n) is 6.64. The van der Waals surface area contributed by atoms with Gasteiger partial charge < -0.3 is 4.74 Å². The number of urea groups is 1. The highest BCUT2D eigenvalue weighted by Gasteiger charge is 2.37. The van der Waals surface area contributed by atoms with Crippen LogP contribution in [0.2, 0.25) is 10.0 Å². The Bertz CT molecular complexity index is 1090. The molecular weight excluding hydrogens is 427 g/mol. The number of hydrogen-bond donors (Lipinski definition) is 1. The Balaban J connectivity index is 2.00. The molecule has 0 unspecified atom stereocenters. The van der Waals surface area contributed by atoms with E-state index in [1.165, 1.54) is 18.2 Å². The average Bonchev–Trinajstić information content (AvgIpc) is 2.67. The molecule has 1 aliphatic rings. The molecule has 8 heteroatoms. The molecule has 0 aliphatic carbocycles. The molecule has 1 fully saturated rings. The minimum atomic E-state index is -0.811. The van der Waals surface area contributed by atoms with Gasteiger partial charge in [0.05, 0.1) is 15.7 Å². The van der Waals surface area contributed by atoms with Crippen molar-refractivity contribution in [3.8, 4) is 5.75 Å². The number of benzene rings is 2. The van der Waals surface area contributed by atoms with E-state index in [-0.39, 0.29) is 28.0 Å². The van der Waals surface area contributed by atoms with E-state index in [0.29, 0.717) is 11.3 Å². The number of rotatable bonds is 5. The van der Waals surface area contributed by atoms with Crippen molar-refractivity contribution in [2.24, 2.45) is 0 Å². The molecule has 6 nitrogen and oxygen atoms in total. The van der Waals surface area contributed by atoms with Crippen LogP contribution in [0.25, 0.3) is 6.08 Å². The minimum absolute atomic E-state index is 0.210. The molecule has 2 aromatic carbocycles. The van der Waals surface area contributed by atoms with Crippen molar-refractivity contribution < 1.29 is 19.1 Å². The van der Waals surface area contributed by atoms with Gasteiger partial charge in [-0.1, -0.05) is 41.9 Å². The highest BCUT2D eigenvalue weighted by atomic mass is 35.5. The van der Waals surface area contributed by atoms with Crippen LogP contribution in [0.1, 0.15) is 16.7 Å². The average molecular weight is 445 g/mol. The smallest absolute Gasteiger partial charge is 0.335 e. The third-order valence-corrected chi connectivity index (χ3v) is 5.09.